The van der Waals surface area contributed by atoms with Crippen molar-refractivity contribution in [3.05, 3.63) is 65.2 Å². The third-order valence-electron chi connectivity index (χ3n) is 6.99. The molecule has 0 N–H and O–H groups in total. The van der Waals surface area contributed by atoms with Gasteiger partial charge in [-0.3, -0.25) is 0 Å². The number of aryl methyl sites for hydroxylation is 2. The van der Waals surface area contributed by atoms with E-state index in [1.807, 2.05) is 0 Å². The summed E-state index contributed by atoms with van der Waals surface area (Å²) in [6.07, 6.45) is 5.30. The Morgan fingerprint density at radius 3 is 1.82 bits per heavy atom. The van der Waals surface area contributed by atoms with Gasteiger partial charge in [0.25, 0.3) is 0 Å². The normalized spacial score (nSPS) is 18.6. The molecule has 3 aromatic carbocycles. The summed E-state index contributed by atoms with van der Waals surface area (Å²) in [7, 11) is 4.50. The van der Waals surface area contributed by atoms with Crippen LogP contribution in [0, 0.1) is 0 Å². The highest BCUT2D eigenvalue weighted by atomic mass is 15.4. The standard InChI is InChI=1S/C25H27N3/c1-26-22-15-17-7-3-4-8-18(17)16-23(22)27(2)25(26)21-13-19-9-5-11-28-12-6-10-20(14-21)24(19)28/h3-4,7-8,13-16,25H,5-6,9-12H2,1-2H3. The summed E-state index contributed by atoms with van der Waals surface area (Å²) in [5.74, 6) is 0. The number of rotatable bonds is 1. The van der Waals surface area contributed by atoms with E-state index in [2.05, 4.69) is 77.3 Å². The van der Waals surface area contributed by atoms with E-state index in [1.54, 1.807) is 16.8 Å². The molecule has 0 radical (unpaired) electrons. The Morgan fingerprint density at radius 2 is 1.29 bits per heavy atom. The van der Waals surface area contributed by atoms with Gasteiger partial charge < -0.3 is 14.7 Å². The third kappa shape index (κ3) is 2.22. The lowest BCUT2D eigenvalue weighted by molar-refractivity contribution is 0.627. The molecule has 0 aliphatic carbocycles. The van der Waals surface area contributed by atoms with Crippen LogP contribution < -0.4 is 14.7 Å². The Balaban J connectivity index is 1.47. The molecule has 3 heteroatoms. The SMILES string of the molecule is CN1c2cc3ccccc3cc2N(C)C1c1cc2c3c(c1)CCCN3CCC2. The quantitative estimate of drug-likeness (QED) is 0.589. The molecular weight excluding hydrogens is 342 g/mol. The van der Waals surface area contributed by atoms with Crippen molar-refractivity contribution in [2.24, 2.45) is 0 Å². The molecule has 28 heavy (non-hydrogen) atoms. The van der Waals surface area contributed by atoms with Gasteiger partial charge in [0.2, 0.25) is 0 Å². The van der Waals surface area contributed by atoms with Crippen LogP contribution in [0.3, 0.4) is 0 Å². The molecule has 0 atom stereocenters. The number of benzene rings is 3. The van der Waals surface area contributed by atoms with Gasteiger partial charge in [-0.1, -0.05) is 24.3 Å². The van der Waals surface area contributed by atoms with Crippen LogP contribution in [-0.4, -0.2) is 27.2 Å². The van der Waals surface area contributed by atoms with Crippen molar-refractivity contribution in [3.63, 3.8) is 0 Å². The average molecular weight is 370 g/mol. The molecule has 0 aromatic heterocycles. The lowest BCUT2D eigenvalue weighted by atomic mass is 9.89. The molecule has 3 aliphatic heterocycles. The fourth-order valence-corrected chi connectivity index (χ4v) is 5.73. The predicted molar refractivity (Wildman–Crippen MR) is 119 cm³/mol. The average Bonchev–Trinajstić information content (AvgIpc) is 2.96. The maximum Gasteiger partial charge on any atom is 0.128 e. The predicted octanol–water partition coefficient (Wildman–Crippen LogP) is 5.12. The molecule has 0 spiro atoms. The summed E-state index contributed by atoms with van der Waals surface area (Å²) in [5, 5.41) is 2.64. The fourth-order valence-electron chi connectivity index (χ4n) is 5.73. The summed E-state index contributed by atoms with van der Waals surface area (Å²) in [6, 6.07) is 18.4. The molecule has 3 aliphatic rings. The number of anilines is 3. The molecule has 0 amide bonds. The van der Waals surface area contributed by atoms with Crippen molar-refractivity contribution < 1.29 is 0 Å². The smallest absolute Gasteiger partial charge is 0.128 e. The summed E-state index contributed by atoms with van der Waals surface area (Å²) in [5.41, 5.74) is 8.82. The zero-order valence-corrected chi connectivity index (χ0v) is 16.8. The summed E-state index contributed by atoms with van der Waals surface area (Å²) in [4.78, 5) is 7.55. The molecule has 3 nitrogen and oxygen atoms in total. The Morgan fingerprint density at radius 1 is 0.750 bits per heavy atom. The van der Waals surface area contributed by atoms with Crippen molar-refractivity contribution in [2.45, 2.75) is 31.8 Å². The van der Waals surface area contributed by atoms with Crippen LogP contribution in [0.5, 0.6) is 0 Å². The van der Waals surface area contributed by atoms with Gasteiger partial charge in [0, 0.05) is 32.9 Å². The minimum absolute atomic E-state index is 0.269. The van der Waals surface area contributed by atoms with Crippen molar-refractivity contribution in [2.75, 3.05) is 41.9 Å². The van der Waals surface area contributed by atoms with E-state index in [9.17, 15) is 0 Å². The Labute approximate surface area is 167 Å². The number of hydrogen-bond acceptors (Lipinski definition) is 3. The summed E-state index contributed by atoms with van der Waals surface area (Å²) >= 11 is 0. The van der Waals surface area contributed by atoms with E-state index in [-0.39, 0.29) is 6.17 Å². The van der Waals surface area contributed by atoms with Gasteiger partial charge in [-0.25, -0.2) is 0 Å². The first kappa shape index (κ1) is 16.3. The maximum absolute atomic E-state index is 2.63. The van der Waals surface area contributed by atoms with Crippen LogP contribution in [0.2, 0.25) is 0 Å². The molecule has 0 unspecified atom stereocenters. The van der Waals surface area contributed by atoms with Crippen LogP contribution in [0.15, 0.2) is 48.5 Å². The van der Waals surface area contributed by atoms with Crippen molar-refractivity contribution >= 4 is 27.8 Å². The van der Waals surface area contributed by atoms with Gasteiger partial charge >= 0.3 is 0 Å². The van der Waals surface area contributed by atoms with E-state index in [1.165, 1.54) is 66.5 Å². The first-order valence-electron chi connectivity index (χ1n) is 10.6. The lowest BCUT2D eigenvalue weighted by Crippen LogP contribution is -2.35. The van der Waals surface area contributed by atoms with Gasteiger partial charge in [-0.05, 0) is 77.4 Å². The van der Waals surface area contributed by atoms with E-state index in [0.717, 1.165) is 0 Å². The third-order valence-corrected chi connectivity index (χ3v) is 6.99. The maximum atomic E-state index is 2.63. The first-order chi connectivity index (χ1) is 13.7. The molecule has 142 valence electrons. The second-order valence-electron chi connectivity index (χ2n) is 8.67. The molecule has 0 saturated heterocycles. The van der Waals surface area contributed by atoms with Crippen LogP contribution in [0.4, 0.5) is 17.1 Å². The van der Waals surface area contributed by atoms with Crippen molar-refractivity contribution in [1.82, 2.24) is 0 Å². The number of hydrogen-bond donors (Lipinski definition) is 0. The van der Waals surface area contributed by atoms with Crippen LogP contribution in [-0.2, 0) is 12.8 Å². The van der Waals surface area contributed by atoms with Crippen molar-refractivity contribution in [1.29, 1.82) is 0 Å². The topological polar surface area (TPSA) is 9.72 Å². The highest BCUT2D eigenvalue weighted by Crippen LogP contribution is 2.47. The Kier molecular flexibility index (Phi) is 3.44. The van der Waals surface area contributed by atoms with Gasteiger partial charge in [0.1, 0.15) is 6.17 Å². The zero-order chi connectivity index (χ0) is 18.8. The zero-order valence-electron chi connectivity index (χ0n) is 16.8. The Hall–Kier alpha value is -2.68. The summed E-state index contributed by atoms with van der Waals surface area (Å²) < 4.78 is 0. The molecule has 6 rings (SSSR count). The Bertz CT molecular complexity index is 1010. The molecule has 0 bridgehead atoms. The van der Waals surface area contributed by atoms with Gasteiger partial charge in [0.15, 0.2) is 0 Å². The molecule has 3 heterocycles. The number of fused-ring (bicyclic) bond motifs is 2. The molecular formula is C25H27N3. The second-order valence-corrected chi connectivity index (χ2v) is 8.67. The fraction of sp³-hybridized carbons (Fsp3) is 0.360. The first-order valence-corrected chi connectivity index (χ1v) is 10.6. The van der Waals surface area contributed by atoms with E-state index < -0.39 is 0 Å². The van der Waals surface area contributed by atoms with E-state index in [4.69, 9.17) is 0 Å². The van der Waals surface area contributed by atoms with Gasteiger partial charge in [-0.15, -0.1) is 0 Å². The largest absolute Gasteiger partial charge is 0.371 e. The molecule has 0 saturated carbocycles. The molecule has 3 aromatic rings. The monoisotopic (exact) mass is 369 g/mol. The highest BCUT2D eigenvalue weighted by Gasteiger charge is 2.34. The van der Waals surface area contributed by atoms with E-state index >= 15 is 0 Å². The van der Waals surface area contributed by atoms with Crippen LogP contribution in [0.25, 0.3) is 10.8 Å². The van der Waals surface area contributed by atoms with Gasteiger partial charge in [0.05, 0.1) is 11.4 Å². The van der Waals surface area contributed by atoms with Crippen molar-refractivity contribution in [3.8, 4) is 0 Å². The van der Waals surface area contributed by atoms with Crippen LogP contribution >= 0.6 is 0 Å². The van der Waals surface area contributed by atoms with E-state index in [0.29, 0.717) is 0 Å². The lowest BCUT2D eigenvalue weighted by Gasteiger charge is -2.38. The van der Waals surface area contributed by atoms with Gasteiger partial charge in [-0.2, -0.15) is 0 Å². The summed E-state index contributed by atoms with van der Waals surface area (Å²) in [6.45, 7) is 2.47. The minimum Gasteiger partial charge on any atom is -0.371 e. The second kappa shape index (κ2) is 5.91. The highest BCUT2D eigenvalue weighted by molar-refractivity contribution is 5.94. The molecule has 0 fully saturated rings. The minimum atomic E-state index is 0.269. The number of nitrogens with zero attached hydrogens (tertiary/aromatic N) is 3. The van der Waals surface area contributed by atoms with Crippen LogP contribution in [0.1, 0.15) is 35.7 Å².